The highest BCUT2D eigenvalue weighted by Crippen LogP contribution is 2.63. The molecule has 18 aromatic carbocycles. The van der Waals surface area contributed by atoms with Crippen molar-refractivity contribution < 1.29 is 0 Å². The summed E-state index contributed by atoms with van der Waals surface area (Å²) >= 11 is 0. The second-order valence-electron chi connectivity index (χ2n) is 34.9. The number of rotatable bonds is 0. The zero-order valence-electron chi connectivity index (χ0n) is 70.9. The molecule has 0 heterocycles. The average molecular weight is 1550 g/mol. The van der Waals surface area contributed by atoms with Gasteiger partial charge in [0.2, 0.25) is 0 Å². The summed E-state index contributed by atoms with van der Waals surface area (Å²) in [4.78, 5) is 0. The highest BCUT2D eigenvalue weighted by molar-refractivity contribution is 5.95. The molecule has 0 aliphatic heterocycles. The molecule has 121 heavy (non-hydrogen) atoms. The molecule has 0 aromatic heterocycles. The van der Waals surface area contributed by atoms with E-state index in [0.29, 0.717) is 0 Å². The number of aryl methyl sites for hydroxylation is 8. The van der Waals surface area contributed by atoms with Crippen molar-refractivity contribution in [2.45, 2.75) is 112 Å². The first-order valence-electron chi connectivity index (χ1n) is 42.1. The van der Waals surface area contributed by atoms with E-state index in [0.717, 1.165) is 66.8 Å². The maximum absolute atomic E-state index is 3.45. The molecule has 0 saturated heterocycles. The summed E-state index contributed by atoms with van der Waals surface area (Å²) < 4.78 is 0. The average Bonchev–Trinajstić information content (AvgIpc) is 1.52. The largest absolute Gasteiger partial charge is 0.0616 e. The van der Waals surface area contributed by atoms with Gasteiger partial charge in [0.05, 0.1) is 0 Å². The summed E-state index contributed by atoms with van der Waals surface area (Å²) in [7, 11) is 0. The van der Waals surface area contributed by atoms with Crippen LogP contribution in [0.3, 0.4) is 0 Å². The van der Waals surface area contributed by atoms with E-state index in [-0.39, 0.29) is 16.2 Å². The van der Waals surface area contributed by atoms with E-state index in [1.165, 1.54) is 144 Å². The van der Waals surface area contributed by atoms with Crippen LogP contribution in [0.25, 0.3) is 86.2 Å². The molecule has 2 aliphatic carbocycles. The monoisotopic (exact) mass is 1540 g/mol. The minimum absolute atomic E-state index is 0.106. The van der Waals surface area contributed by atoms with E-state index in [4.69, 9.17) is 0 Å². The minimum atomic E-state index is 0.106. The molecule has 1 unspecified atom stereocenters. The summed E-state index contributed by atoms with van der Waals surface area (Å²) in [5, 5.41) is 20.0. The third kappa shape index (κ3) is 16.2. The predicted octanol–water partition coefficient (Wildman–Crippen LogP) is 28.8. The number of benzene rings is 18. The smallest absolute Gasteiger partial charge is 0.0327 e. The van der Waals surface area contributed by atoms with Gasteiger partial charge >= 0.3 is 0 Å². The Morgan fingerprint density at radius 1 is 0.182 bits per heavy atom. The van der Waals surface area contributed by atoms with Gasteiger partial charge < -0.3 is 0 Å². The first-order chi connectivity index (χ1) is 58.5. The maximum atomic E-state index is 3.45. The van der Waals surface area contributed by atoms with Gasteiger partial charge in [-0.2, -0.15) is 0 Å². The first kappa shape index (κ1) is 77.6. The maximum Gasteiger partial charge on any atom is 0.0327 e. The lowest BCUT2D eigenvalue weighted by Gasteiger charge is -2.30. The van der Waals surface area contributed by atoms with Crippen molar-refractivity contribution in [3.8, 4) is 71.0 Å². The lowest BCUT2D eigenvalue weighted by molar-refractivity contribution is 0.350. The van der Waals surface area contributed by atoms with Crippen LogP contribution in [0.15, 0.2) is 315 Å². The molecule has 0 saturated carbocycles. The van der Waals surface area contributed by atoms with Crippen molar-refractivity contribution in [1.82, 2.24) is 0 Å². The van der Waals surface area contributed by atoms with Gasteiger partial charge in [0.15, 0.2) is 0 Å². The van der Waals surface area contributed by atoms with E-state index >= 15 is 0 Å². The zero-order chi connectivity index (χ0) is 83.3. The van der Waals surface area contributed by atoms with Gasteiger partial charge in [0.1, 0.15) is 0 Å². The zero-order valence-corrected chi connectivity index (χ0v) is 70.9. The van der Waals surface area contributed by atoms with Gasteiger partial charge in [-0.1, -0.05) is 339 Å². The van der Waals surface area contributed by atoms with Crippen LogP contribution >= 0.6 is 0 Å². The van der Waals surface area contributed by atoms with Crippen LogP contribution in [0, 0.1) is 126 Å². The second-order valence-corrected chi connectivity index (χ2v) is 34.9. The molecule has 0 radical (unpaired) electrons. The summed E-state index contributed by atoms with van der Waals surface area (Å²) in [5.74, 6) is 41.0. The molecule has 0 amide bonds. The van der Waals surface area contributed by atoms with Gasteiger partial charge in [-0.15, -0.1) is 0 Å². The Morgan fingerprint density at radius 2 is 0.413 bits per heavy atom. The Balaban J connectivity index is 0.000000127. The van der Waals surface area contributed by atoms with Gasteiger partial charge in [0.25, 0.3) is 0 Å². The molecule has 20 rings (SSSR count). The van der Waals surface area contributed by atoms with E-state index in [9.17, 15) is 0 Å². The fraction of sp³-hybridized carbons (Fsp3) is 0.140. The molecule has 0 heteroatoms. The van der Waals surface area contributed by atoms with Crippen molar-refractivity contribution in [2.24, 2.45) is 0 Å². The first-order valence-corrected chi connectivity index (χ1v) is 42.1. The summed E-state index contributed by atoms with van der Waals surface area (Å²) in [6, 6.07) is 113. The lowest BCUT2D eigenvalue weighted by Crippen LogP contribution is -2.26. The Bertz CT molecular complexity index is 7370. The summed E-state index contributed by atoms with van der Waals surface area (Å²) in [5.41, 5.74) is 28.2. The van der Waals surface area contributed by atoms with Crippen LogP contribution in [0.4, 0.5) is 0 Å². The summed E-state index contributed by atoms with van der Waals surface area (Å²) in [6.45, 7) is 27.0. The van der Waals surface area contributed by atoms with E-state index < -0.39 is 0 Å². The second kappa shape index (κ2) is 32.0. The van der Waals surface area contributed by atoms with Crippen molar-refractivity contribution in [2.75, 3.05) is 0 Å². The third-order valence-electron chi connectivity index (χ3n) is 24.6. The highest BCUT2D eigenvalue weighted by Gasteiger charge is 2.56. The van der Waals surface area contributed by atoms with Crippen LogP contribution in [0.1, 0.15) is 174 Å². The van der Waals surface area contributed by atoms with Crippen LogP contribution in [0.5, 0.6) is 0 Å². The van der Waals surface area contributed by atoms with E-state index in [2.05, 4.69) is 470 Å². The molecule has 18 aromatic rings. The lowest BCUT2D eigenvalue weighted by atomic mass is 9.72. The molecule has 1 spiro atoms. The minimum Gasteiger partial charge on any atom is -0.0616 e. The topological polar surface area (TPSA) is 0 Å². The van der Waals surface area contributed by atoms with E-state index in [1.807, 2.05) is 0 Å². The Labute approximate surface area is 713 Å². The normalized spacial score (nSPS) is 13.7. The molecule has 0 fully saturated rings. The molecule has 0 N–H and O–H groups in total. The fourth-order valence-corrected chi connectivity index (χ4v) is 18.6. The van der Waals surface area contributed by atoms with Gasteiger partial charge in [-0.05, 0) is 307 Å². The quantitative estimate of drug-likeness (QED) is 0.133. The molecule has 0 nitrogen and oxygen atoms in total. The standard InChI is InChI=1S/2C45H30.C31H32/c1-31-5-17-43-28-34(14-20-41(43)22-31)7-10-37-25-38(11-8-35-15-21-42-23-32(2)6-18-44(42)29-35)27-39(26-37)12-9-36-13-19-40-16-4-33(3)24-45(40)30-36;1-31-16-22-37(43-13-7-4-10-40(31)43)25-19-34-28-35(20-26-38-23-17-32(2)41-11-5-8-14-44(38)41)30-36(29-34)21-27-39-24-18-33(3)42-12-6-9-15-45(39)42;1-19-8-10-22-14-27-26(15-23(22)11-19)30(5,6)18-31(27)17-29(3,4)25-13-21-9-7-20(2)12-24(21)16-28(25)31/h4-6,13-30H,1-3H3;4-18,22-24,28-30H,1-3H3;7-16H,17-18H2,1-6H3. The van der Waals surface area contributed by atoms with Crippen molar-refractivity contribution in [3.63, 3.8) is 0 Å². The Hall–Kier alpha value is -14.6. The molecular formula is C121H92. The van der Waals surface area contributed by atoms with Crippen LogP contribution < -0.4 is 0 Å². The summed E-state index contributed by atoms with van der Waals surface area (Å²) in [6.07, 6.45) is 2.39. The molecule has 2 aliphatic rings. The van der Waals surface area contributed by atoms with Crippen molar-refractivity contribution in [3.05, 3.63) is 449 Å². The highest BCUT2D eigenvalue weighted by atomic mass is 14.6. The number of fused-ring (bicyclic) bond motifs is 12. The van der Waals surface area contributed by atoms with E-state index in [1.54, 1.807) is 22.3 Å². The molecule has 576 valence electrons. The molecule has 0 bridgehead atoms. The Morgan fingerprint density at radius 3 is 0.760 bits per heavy atom. The van der Waals surface area contributed by atoms with Crippen molar-refractivity contribution in [1.29, 1.82) is 0 Å². The van der Waals surface area contributed by atoms with Gasteiger partial charge in [0, 0.05) is 72.2 Å². The molecule has 1 atom stereocenters. The SMILES string of the molecule is Cc1ccc(C#Cc2cc(C#Cc3ccc(C)c4ccccc34)cc(C#Cc3ccc(C)c4ccccc34)c2)c2ccccc12.Cc1ccc2cc(C#Cc3cc(C#Cc4ccc5cc(C)ccc5c4)cc(C#Cc4ccc5ccc(C)cc5c4)c3)ccc2c1.Cc1ccc2cc3c(cc2c1)C(C)(C)CC31CC(C)(C)c2cc3ccc(C)cc3cc21. The van der Waals surface area contributed by atoms with Crippen LogP contribution in [-0.4, -0.2) is 0 Å². The van der Waals surface area contributed by atoms with Crippen LogP contribution in [0.2, 0.25) is 0 Å². The number of hydrogen-bond donors (Lipinski definition) is 0. The Kier molecular flexibility index (Phi) is 20.5. The predicted molar refractivity (Wildman–Crippen MR) is 514 cm³/mol. The third-order valence-corrected chi connectivity index (χ3v) is 24.6. The van der Waals surface area contributed by atoms with Crippen molar-refractivity contribution >= 4 is 86.2 Å². The van der Waals surface area contributed by atoms with Gasteiger partial charge in [-0.3, -0.25) is 0 Å². The van der Waals surface area contributed by atoms with Crippen LogP contribution in [-0.2, 0) is 16.2 Å². The number of hydrogen-bond acceptors (Lipinski definition) is 0. The fourth-order valence-electron chi connectivity index (χ4n) is 18.6. The molecular weight excluding hydrogens is 1450 g/mol. The van der Waals surface area contributed by atoms with Gasteiger partial charge in [-0.25, -0.2) is 0 Å².